The first-order valence-electron chi connectivity index (χ1n) is 9.82. The van der Waals surface area contributed by atoms with Gasteiger partial charge in [-0.3, -0.25) is 4.79 Å². The van der Waals surface area contributed by atoms with Crippen molar-refractivity contribution in [1.29, 1.82) is 0 Å². The number of rotatable bonds is 6. The molecule has 4 nitrogen and oxygen atoms in total. The molecule has 0 aliphatic rings. The number of hydrogen-bond donors (Lipinski definition) is 1. The van der Waals surface area contributed by atoms with Crippen LogP contribution in [0, 0.1) is 6.92 Å². The van der Waals surface area contributed by atoms with Gasteiger partial charge in [-0.25, -0.2) is 0 Å². The number of ether oxygens (including phenoxy) is 1. The van der Waals surface area contributed by atoms with Crippen LogP contribution in [0.5, 0.6) is 5.75 Å². The van der Waals surface area contributed by atoms with Gasteiger partial charge in [-0.2, -0.15) is 0 Å². The number of para-hydroxylation sites is 1. The number of hydrogen-bond acceptors (Lipinski definition) is 3. The van der Waals surface area contributed by atoms with Crippen LogP contribution in [0.4, 0.5) is 0 Å². The normalized spacial score (nSPS) is 11.7. The lowest BCUT2D eigenvalue weighted by molar-refractivity contribution is 0.0941. The smallest absolute Gasteiger partial charge is 0.255 e. The summed E-state index contributed by atoms with van der Waals surface area (Å²) in [6.45, 7) is 1.81. The van der Waals surface area contributed by atoms with E-state index in [0.29, 0.717) is 17.1 Å². The predicted octanol–water partition coefficient (Wildman–Crippen LogP) is 5.78. The summed E-state index contributed by atoms with van der Waals surface area (Å²) < 4.78 is 11.4. The van der Waals surface area contributed by atoms with Gasteiger partial charge in [0.2, 0.25) is 0 Å². The monoisotopic (exact) mass is 397 g/mol. The summed E-state index contributed by atoms with van der Waals surface area (Å²) in [6.07, 6.45) is 0. The van der Waals surface area contributed by atoms with Gasteiger partial charge in [0.15, 0.2) is 0 Å². The molecule has 4 aromatic rings. The SMILES string of the molecule is COc1ccccc1[C@@H](NC(=O)c1cc(-c2ccccc2)oc1C)c1ccccc1. The molecule has 0 saturated heterocycles. The Labute approximate surface area is 176 Å². The van der Waals surface area contributed by atoms with Crippen LogP contribution in [-0.2, 0) is 0 Å². The van der Waals surface area contributed by atoms with Gasteiger partial charge in [0.05, 0.1) is 18.7 Å². The van der Waals surface area contributed by atoms with Gasteiger partial charge >= 0.3 is 0 Å². The molecular formula is C26H23NO3. The van der Waals surface area contributed by atoms with Gasteiger partial charge in [0.1, 0.15) is 17.3 Å². The first-order chi connectivity index (χ1) is 14.7. The Bertz CT molecular complexity index is 1130. The highest BCUT2D eigenvalue weighted by Gasteiger charge is 2.23. The second-order valence-corrected chi connectivity index (χ2v) is 7.01. The lowest BCUT2D eigenvalue weighted by Crippen LogP contribution is -2.29. The number of amides is 1. The number of furan rings is 1. The van der Waals surface area contributed by atoms with E-state index < -0.39 is 0 Å². The number of carbonyl (C=O) groups is 1. The highest BCUT2D eigenvalue weighted by Crippen LogP contribution is 2.31. The molecule has 1 atom stereocenters. The molecule has 3 aromatic carbocycles. The van der Waals surface area contributed by atoms with E-state index in [4.69, 9.17) is 9.15 Å². The van der Waals surface area contributed by atoms with Gasteiger partial charge in [0, 0.05) is 11.1 Å². The highest BCUT2D eigenvalue weighted by atomic mass is 16.5. The zero-order valence-corrected chi connectivity index (χ0v) is 17.0. The lowest BCUT2D eigenvalue weighted by atomic mass is 9.97. The molecule has 4 heteroatoms. The van der Waals surface area contributed by atoms with Crippen LogP contribution in [0.15, 0.2) is 95.4 Å². The van der Waals surface area contributed by atoms with Gasteiger partial charge in [-0.1, -0.05) is 78.9 Å². The topological polar surface area (TPSA) is 51.5 Å². The molecule has 1 heterocycles. The summed E-state index contributed by atoms with van der Waals surface area (Å²) in [5.41, 5.74) is 3.32. The van der Waals surface area contributed by atoms with Gasteiger partial charge in [-0.15, -0.1) is 0 Å². The van der Waals surface area contributed by atoms with Crippen molar-refractivity contribution in [3.63, 3.8) is 0 Å². The maximum absolute atomic E-state index is 13.3. The van der Waals surface area contributed by atoms with E-state index in [9.17, 15) is 4.79 Å². The first-order valence-corrected chi connectivity index (χ1v) is 9.82. The van der Waals surface area contributed by atoms with E-state index in [2.05, 4.69) is 5.32 Å². The van der Waals surface area contributed by atoms with E-state index in [1.54, 1.807) is 13.2 Å². The average molecular weight is 397 g/mol. The summed E-state index contributed by atoms with van der Waals surface area (Å²) in [5, 5.41) is 3.17. The second-order valence-electron chi connectivity index (χ2n) is 7.01. The predicted molar refractivity (Wildman–Crippen MR) is 118 cm³/mol. The van der Waals surface area contributed by atoms with Crippen LogP contribution in [0.25, 0.3) is 11.3 Å². The van der Waals surface area contributed by atoms with E-state index in [1.165, 1.54) is 0 Å². The summed E-state index contributed by atoms with van der Waals surface area (Å²) >= 11 is 0. The molecule has 1 aromatic heterocycles. The third-order valence-electron chi connectivity index (χ3n) is 5.08. The van der Waals surface area contributed by atoms with Crippen LogP contribution in [0.2, 0.25) is 0 Å². The van der Waals surface area contributed by atoms with E-state index in [0.717, 1.165) is 22.4 Å². The number of benzene rings is 3. The van der Waals surface area contributed by atoms with Crippen molar-refractivity contribution < 1.29 is 13.9 Å². The molecule has 30 heavy (non-hydrogen) atoms. The standard InChI is InChI=1S/C26H23NO3/c1-18-22(17-24(30-18)19-11-5-3-6-12-19)26(28)27-25(20-13-7-4-8-14-20)21-15-9-10-16-23(21)29-2/h3-17,25H,1-2H3,(H,27,28)/t25-/m0/s1. The van der Waals surface area contributed by atoms with Crippen LogP contribution in [-0.4, -0.2) is 13.0 Å². The maximum atomic E-state index is 13.3. The molecule has 1 amide bonds. The van der Waals surface area contributed by atoms with Crippen LogP contribution < -0.4 is 10.1 Å². The minimum Gasteiger partial charge on any atom is -0.496 e. The van der Waals surface area contributed by atoms with Crippen molar-refractivity contribution in [2.24, 2.45) is 0 Å². The number of nitrogens with one attached hydrogen (secondary N) is 1. The average Bonchev–Trinajstić information content (AvgIpc) is 3.20. The van der Waals surface area contributed by atoms with Crippen molar-refractivity contribution in [3.05, 3.63) is 113 Å². The van der Waals surface area contributed by atoms with E-state index >= 15 is 0 Å². The third kappa shape index (κ3) is 3.98. The van der Waals surface area contributed by atoms with Gasteiger partial charge < -0.3 is 14.5 Å². The molecule has 150 valence electrons. The Kier molecular flexibility index (Phi) is 5.66. The maximum Gasteiger partial charge on any atom is 0.255 e. The molecule has 0 spiro atoms. The molecule has 0 saturated carbocycles. The quantitative estimate of drug-likeness (QED) is 0.448. The molecule has 0 aliphatic carbocycles. The first kappa shape index (κ1) is 19.5. The molecule has 0 bridgehead atoms. The molecular weight excluding hydrogens is 374 g/mol. The summed E-state index contributed by atoms with van der Waals surface area (Å²) in [6, 6.07) is 28.8. The Balaban J connectivity index is 1.69. The molecule has 0 fully saturated rings. The van der Waals surface area contributed by atoms with E-state index in [1.807, 2.05) is 91.9 Å². The summed E-state index contributed by atoms with van der Waals surface area (Å²) in [7, 11) is 1.63. The van der Waals surface area contributed by atoms with Crippen molar-refractivity contribution in [2.75, 3.05) is 7.11 Å². The Morgan fingerprint density at radius 1 is 0.900 bits per heavy atom. The lowest BCUT2D eigenvalue weighted by Gasteiger charge is -2.21. The van der Waals surface area contributed by atoms with Crippen molar-refractivity contribution in [2.45, 2.75) is 13.0 Å². The Hall–Kier alpha value is -3.79. The van der Waals surface area contributed by atoms with Crippen molar-refractivity contribution in [1.82, 2.24) is 5.32 Å². The zero-order valence-electron chi connectivity index (χ0n) is 17.0. The van der Waals surface area contributed by atoms with Crippen LogP contribution >= 0.6 is 0 Å². The zero-order chi connectivity index (χ0) is 20.9. The number of methoxy groups -OCH3 is 1. The van der Waals surface area contributed by atoms with E-state index in [-0.39, 0.29) is 11.9 Å². The Morgan fingerprint density at radius 3 is 2.23 bits per heavy atom. The number of carbonyl (C=O) groups excluding carboxylic acids is 1. The third-order valence-corrected chi connectivity index (χ3v) is 5.08. The van der Waals surface area contributed by atoms with Crippen LogP contribution in [0.3, 0.4) is 0 Å². The van der Waals surface area contributed by atoms with Gasteiger partial charge in [-0.05, 0) is 24.6 Å². The summed E-state index contributed by atoms with van der Waals surface area (Å²) in [5.74, 6) is 1.78. The highest BCUT2D eigenvalue weighted by molar-refractivity contribution is 5.96. The molecule has 1 N–H and O–H groups in total. The van der Waals surface area contributed by atoms with Crippen LogP contribution in [0.1, 0.15) is 33.3 Å². The largest absolute Gasteiger partial charge is 0.496 e. The van der Waals surface area contributed by atoms with Crippen molar-refractivity contribution >= 4 is 5.91 Å². The molecule has 0 radical (unpaired) electrons. The minimum absolute atomic E-state index is 0.196. The molecule has 0 unspecified atom stereocenters. The fraction of sp³-hybridized carbons (Fsp3) is 0.115. The summed E-state index contributed by atoms with van der Waals surface area (Å²) in [4.78, 5) is 13.3. The minimum atomic E-state index is -0.357. The fourth-order valence-corrected chi connectivity index (χ4v) is 3.55. The molecule has 4 rings (SSSR count). The second kappa shape index (κ2) is 8.70. The fourth-order valence-electron chi connectivity index (χ4n) is 3.55. The van der Waals surface area contributed by atoms with Crippen molar-refractivity contribution in [3.8, 4) is 17.1 Å². The Morgan fingerprint density at radius 2 is 1.53 bits per heavy atom. The number of aryl methyl sites for hydroxylation is 1. The van der Waals surface area contributed by atoms with Gasteiger partial charge in [0.25, 0.3) is 5.91 Å². The molecule has 0 aliphatic heterocycles.